The summed E-state index contributed by atoms with van der Waals surface area (Å²) in [6.45, 7) is 3.74. The number of hydrogen-bond acceptors (Lipinski definition) is 4. The summed E-state index contributed by atoms with van der Waals surface area (Å²) >= 11 is 0. The van der Waals surface area contributed by atoms with Crippen LogP contribution in [0.2, 0.25) is 0 Å². The van der Waals surface area contributed by atoms with E-state index < -0.39 is 0 Å². The van der Waals surface area contributed by atoms with Gasteiger partial charge in [0.05, 0.1) is 12.1 Å². The SMILES string of the molecule is CC(C)c1c(O)nc(CN)[nH]c1=O. The average Bonchev–Trinajstić information content (AvgIpc) is 2.02. The fourth-order valence-electron chi connectivity index (χ4n) is 1.13. The molecule has 1 aromatic heterocycles. The second-order valence-electron chi connectivity index (χ2n) is 3.11. The summed E-state index contributed by atoms with van der Waals surface area (Å²) in [4.78, 5) is 17.6. The number of rotatable bonds is 2. The Kier molecular flexibility index (Phi) is 2.67. The molecule has 1 heterocycles. The van der Waals surface area contributed by atoms with Gasteiger partial charge in [-0.2, -0.15) is 4.98 Å². The Balaban J connectivity index is 3.32. The van der Waals surface area contributed by atoms with Gasteiger partial charge in [-0.3, -0.25) is 4.79 Å². The Morgan fingerprint density at radius 3 is 2.62 bits per heavy atom. The van der Waals surface area contributed by atoms with Gasteiger partial charge < -0.3 is 15.8 Å². The van der Waals surface area contributed by atoms with E-state index in [2.05, 4.69) is 9.97 Å². The summed E-state index contributed by atoms with van der Waals surface area (Å²) in [5, 5.41) is 9.39. The Bertz CT molecular complexity index is 357. The van der Waals surface area contributed by atoms with Crippen molar-refractivity contribution in [1.29, 1.82) is 0 Å². The Morgan fingerprint density at radius 2 is 2.23 bits per heavy atom. The number of nitrogens with zero attached hydrogens (tertiary/aromatic N) is 1. The molecule has 0 aliphatic carbocycles. The van der Waals surface area contributed by atoms with Crippen LogP contribution < -0.4 is 11.3 Å². The van der Waals surface area contributed by atoms with E-state index in [0.717, 1.165) is 0 Å². The minimum atomic E-state index is -0.317. The van der Waals surface area contributed by atoms with Gasteiger partial charge in [-0.05, 0) is 5.92 Å². The number of hydrogen-bond donors (Lipinski definition) is 3. The van der Waals surface area contributed by atoms with Crippen LogP contribution in [0.5, 0.6) is 5.88 Å². The fraction of sp³-hybridized carbons (Fsp3) is 0.500. The number of nitrogens with two attached hydrogens (primary N) is 1. The molecule has 1 rings (SSSR count). The first kappa shape index (κ1) is 9.73. The summed E-state index contributed by atoms with van der Waals surface area (Å²) in [7, 11) is 0. The van der Waals surface area contributed by atoms with Crippen molar-refractivity contribution in [3.8, 4) is 5.88 Å². The molecule has 0 bridgehead atoms. The zero-order valence-corrected chi connectivity index (χ0v) is 7.66. The lowest BCUT2D eigenvalue weighted by Gasteiger charge is -2.06. The van der Waals surface area contributed by atoms with Gasteiger partial charge in [-0.25, -0.2) is 0 Å². The van der Waals surface area contributed by atoms with Crippen molar-refractivity contribution in [2.24, 2.45) is 5.73 Å². The molecule has 0 aliphatic heterocycles. The van der Waals surface area contributed by atoms with E-state index in [1.165, 1.54) is 0 Å². The van der Waals surface area contributed by atoms with E-state index in [4.69, 9.17) is 5.73 Å². The summed E-state index contributed by atoms with van der Waals surface area (Å²) in [6, 6.07) is 0. The summed E-state index contributed by atoms with van der Waals surface area (Å²) in [5.41, 5.74) is 5.26. The highest BCUT2D eigenvalue weighted by Crippen LogP contribution is 2.17. The molecule has 0 amide bonds. The molecule has 1 aromatic rings. The van der Waals surface area contributed by atoms with E-state index in [9.17, 15) is 9.90 Å². The van der Waals surface area contributed by atoms with Gasteiger partial charge in [0.15, 0.2) is 0 Å². The molecule has 0 spiro atoms. The molecule has 0 aromatic carbocycles. The van der Waals surface area contributed by atoms with E-state index in [1.54, 1.807) is 0 Å². The van der Waals surface area contributed by atoms with E-state index in [-0.39, 0.29) is 23.9 Å². The molecule has 0 saturated heterocycles. The van der Waals surface area contributed by atoms with Crippen LogP contribution >= 0.6 is 0 Å². The van der Waals surface area contributed by atoms with E-state index in [1.807, 2.05) is 13.8 Å². The monoisotopic (exact) mass is 183 g/mol. The second kappa shape index (κ2) is 3.57. The van der Waals surface area contributed by atoms with Crippen molar-refractivity contribution < 1.29 is 5.11 Å². The zero-order chi connectivity index (χ0) is 10.0. The molecule has 0 saturated carbocycles. The number of H-pyrrole nitrogens is 1. The molecule has 72 valence electrons. The fourth-order valence-corrected chi connectivity index (χ4v) is 1.13. The van der Waals surface area contributed by atoms with Gasteiger partial charge in [-0.1, -0.05) is 13.8 Å². The molecule has 0 fully saturated rings. The third-order valence-electron chi connectivity index (χ3n) is 1.75. The van der Waals surface area contributed by atoms with Crippen molar-refractivity contribution in [1.82, 2.24) is 9.97 Å². The first-order chi connectivity index (χ1) is 6.06. The van der Waals surface area contributed by atoms with Gasteiger partial charge >= 0.3 is 0 Å². The molecule has 0 radical (unpaired) electrons. The Hall–Kier alpha value is -1.36. The smallest absolute Gasteiger partial charge is 0.258 e. The summed E-state index contributed by atoms with van der Waals surface area (Å²) in [6.07, 6.45) is 0. The summed E-state index contributed by atoms with van der Waals surface area (Å²) < 4.78 is 0. The molecule has 5 nitrogen and oxygen atoms in total. The van der Waals surface area contributed by atoms with Gasteiger partial charge in [0.25, 0.3) is 5.56 Å². The third kappa shape index (κ3) is 1.86. The molecule has 0 unspecified atom stereocenters. The van der Waals surface area contributed by atoms with Gasteiger partial charge in [0.2, 0.25) is 5.88 Å². The Morgan fingerprint density at radius 1 is 1.62 bits per heavy atom. The van der Waals surface area contributed by atoms with Crippen LogP contribution in [0.4, 0.5) is 0 Å². The maximum atomic E-state index is 11.4. The van der Waals surface area contributed by atoms with Crippen LogP contribution in [-0.2, 0) is 6.54 Å². The average molecular weight is 183 g/mol. The number of nitrogens with one attached hydrogen (secondary N) is 1. The van der Waals surface area contributed by atoms with E-state index in [0.29, 0.717) is 11.4 Å². The molecule has 13 heavy (non-hydrogen) atoms. The number of aromatic amines is 1. The Labute approximate surface area is 75.6 Å². The number of aromatic nitrogens is 2. The van der Waals surface area contributed by atoms with E-state index >= 15 is 0 Å². The minimum absolute atomic E-state index is 0.0527. The first-order valence-corrected chi connectivity index (χ1v) is 4.08. The largest absolute Gasteiger partial charge is 0.493 e. The number of aromatic hydroxyl groups is 1. The maximum absolute atomic E-state index is 11.4. The normalized spacial score (nSPS) is 10.8. The van der Waals surface area contributed by atoms with Gasteiger partial charge in [0, 0.05) is 0 Å². The maximum Gasteiger partial charge on any atom is 0.258 e. The van der Waals surface area contributed by atoms with Crippen LogP contribution in [0.25, 0.3) is 0 Å². The molecule has 5 heteroatoms. The second-order valence-corrected chi connectivity index (χ2v) is 3.11. The van der Waals surface area contributed by atoms with Crippen molar-refractivity contribution >= 4 is 0 Å². The van der Waals surface area contributed by atoms with Crippen LogP contribution in [0.15, 0.2) is 4.79 Å². The highest BCUT2D eigenvalue weighted by molar-refractivity contribution is 5.25. The van der Waals surface area contributed by atoms with Crippen molar-refractivity contribution in [3.05, 3.63) is 21.7 Å². The van der Waals surface area contributed by atoms with Crippen LogP contribution in [0, 0.1) is 0 Å². The highest BCUT2D eigenvalue weighted by Gasteiger charge is 2.12. The van der Waals surface area contributed by atoms with Crippen molar-refractivity contribution in [2.45, 2.75) is 26.3 Å². The molecule has 4 N–H and O–H groups in total. The van der Waals surface area contributed by atoms with Crippen LogP contribution in [-0.4, -0.2) is 15.1 Å². The predicted molar refractivity (Wildman–Crippen MR) is 48.5 cm³/mol. The molecular weight excluding hydrogens is 170 g/mol. The quantitative estimate of drug-likeness (QED) is 0.604. The third-order valence-corrected chi connectivity index (χ3v) is 1.75. The molecule has 0 atom stereocenters. The highest BCUT2D eigenvalue weighted by atomic mass is 16.3. The first-order valence-electron chi connectivity index (χ1n) is 4.08. The van der Waals surface area contributed by atoms with Crippen molar-refractivity contribution in [2.75, 3.05) is 0 Å². The lowest BCUT2D eigenvalue weighted by Crippen LogP contribution is -2.19. The molecular formula is C8H13N3O2. The standard InChI is InChI=1S/C8H13N3O2/c1-4(2)6-7(12)10-5(3-9)11-8(6)13/h4H,3,9H2,1-2H3,(H2,10,11,12,13). The minimum Gasteiger partial charge on any atom is -0.493 e. The van der Waals surface area contributed by atoms with Gasteiger partial charge in [-0.15, -0.1) is 0 Å². The summed E-state index contributed by atoms with van der Waals surface area (Å²) in [5.74, 6) is 0.0224. The lowest BCUT2D eigenvalue weighted by atomic mass is 10.1. The van der Waals surface area contributed by atoms with Gasteiger partial charge in [0.1, 0.15) is 5.82 Å². The molecule has 0 aliphatic rings. The topological polar surface area (TPSA) is 92.0 Å². The predicted octanol–water partition coefficient (Wildman–Crippen LogP) is 0.0576. The zero-order valence-electron chi connectivity index (χ0n) is 7.66. The lowest BCUT2D eigenvalue weighted by molar-refractivity contribution is 0.436. The van der Waals surface area contributed by atoms with Crippen LogP contribution in [0.3, 0.4) is 0 Å². The van der Waals surface area contributed by atoms with Crippen LogP contribution in [0.1, 0.15) is 31.2 Å². The van der Waals surface area contributed by atoms with Crippen molar-refractivity contribution in [3.63, 3.8) is 0 Å².